The first kappa shape index (κ1) is 15.6. The van der Waals surface area contributed by atoms with Gasteiger partial charge >= 0.3 is 0 Å². The first-order chi connectivity index (χ1) is 9.70. The molecule has 0 radical (unpaired) electrons. The summed E-state index contributed by atoms with van der Waals surface area (Å²) < 4.78 is 27.7. The molecule has 0 saturated heterocycles. The molecule has 2 rings (SSSR count). The number of halogens is 1. The van der Waals surface area contributed by atoms with Crippen LogP contribution in [0.3, 0.4) is 0 Å². The molecule has 9 heteroatoms. The van der Waals surface area contributed by atoms with E-state index >= 15 is 0 Å². The van der Waals surface area contributed by atoms with Crippen molar-refractivity contribution in [2.75, 3.05) is 10.5 Å². The molecule has 21 heavy (non-hydrogen) atoms. The number of hydrogen-bond acceptors (Lipinski definition) is 6. The molecule has 0 bridgehead atoms. The smallest absolute Gasteiger partial charge is 0.264 e. The maximum Gasteiger partial charge on any atom is 0.264 e. The van der Waals surface area contributed by atoms with Gasteiger partial charge in [0.25, 0.3) is 16.0 Å². The van der Waals surface area contributed by atoms with Crippen molar-refractivity contribution in [3.63, 3.8) is 0 Å². The van der Waals surface area contributed by atoms with E-state index in [1.165, 1.54) is 6.07 Å². The molecule has 0 unspecified atom stereocenters. The van der Waals surface area contributed by atoms with Gasteiger partial charge < -0.3 is 5.73 Å². The molecule has 0 spiro atoms. The van der Waals surface area contributed by atoms with Gasteiger partial charge in [0.05, 0.1) is 16.3 Å². The van der Waals surface area contributed by atoms with Crippen LogP contribution < -0.4 is 10.5 Å². The van der Waals surface area contributed by atoms with Gasteiger partial charge in [0.1, 0.15) is 0 Å². The number of nitrogen functional groups attached to an aromatic ring is 1. The van der Waals surface area contributed by atoms with Gasteiger partial charge in [-0.3, -0.25) is 0 Å². The number of anilines is 2. The van der Waals surface area contributed by atoms with Crippen molar-refractivity contribution < 1.29 is 8.42 Å². The van der Waals surface area contributed by atoms with E-state index < -0.39 is 10.0 Å². The maximum absolute atomic E-state index is 12.4. The van der Waals surface area contributed by atoms with Crippen LogP contribution in [-0.4, -0.2) is 23.6 Å². The molecule has 3 N–H and O–H groups in total. The normalized spacial score (nSPS) is 11.4. The Hall–Kier alpha value is -1.74. The zero-order valence-electron chi connectivity index (χ0n) is 11.7. The van der Waals surface area contributed by atoms with Gasteiger partial charge in [-0.1, -0.05) is 15.9 Å². The van der Waals surface area contributed by atoms with E-state index in [4.69, 9.17) is 5.73 Å². The summed E-state index contributed by atoms with van der Waals surface area (Å²) in [7, 11) is -3.84. The Morgan fingerprint density at radius 3 is 2.43 bits per heavy atom. The molecule has 2 aromatic rings. The van der Waals surface area contributed by atoms with Crippen molar-refractivity contribution in [2.24, 2.45) is 0 Å². The fraction of sp³-hybridized carbons (Fsp3) is 0.250. The highest BCUT2D eigenvalue weighted by atomic mass is 79.9. The number of nitrogens with zero attached hydrogens (tertiary/aromatic N) is 3. The third-order valence-corrected chi connectivity index (χ3v) is 4.88. The van der Waals surface area contributed by atoms with Crippen molar-refractivity contribution >= 4 is 37.6 Å². The highest BCUT2D eigenvalue weighted by Crippen LogP contribution is 2.27. The minimum Gasteiger partial charge on any atom is -0.398 e. The number of hydrogen-bond donors (Lipinski definition) is 2. The van der Waals surface area contributed by atoms with Crippen LogP contribution in [0.4, 0.5) is 11.6 Å². The zero-order valence-corrected chi connectivity index (χ0v) is 14.1. The Balaban J connectivity index is 2.45. The van der Waals surface area contributed by atoms with E-state index in [0.29, 0.717) is 27.1 Å². The SMILES string of the molecule is Cc1nnc(NS(=O)(=O)c2cc(Br)cc(N)c2C)nc1C. The molecule has 0 fully saturated rings. The summed E-state index contributed by atoms with van der Waals surface area (Å²) in [6, 6.07) is 3.12. The van der Waals surface area contributed by atoms with Gasteiger partial charge in [0.2, 0.25) is 0 Å². The molecular weight excluding hydrogens is 358 g/mol. The summed E-state index contributed by atoms with van der Waals surface area (Å²) in [4.78, 5) is 4.12. The molecule has 0 amide bonds. The van der Waals surface area contributed by atoms with E-state index in [0.717, 1.165) is 0 Å². The maximum atomic E-state index is 12.4. The van der Waals surface area contributed by atoms with Crippen molar-refractivity contribution in [3.8, 4) is 0 Å². The van der Waals surface area contributed by atoms with Gasteiger partial charge in [-0.15, -0.1) is 5.10 Å². The van der Waals surface area contributed by atoms with Crippen molar-refractivity contribution in [1.82, 2.24) is 15.2 Å². The quantitative estimate of drug-likeness (QED) is 0.797. The zero-order chi connectivity index (χ0) is 15.8. The lowest BCUT2D eigenvalue weighted by Gasteiger charge is -2.11. The second-order valence-electron chi connectivity index (χ2n) is 4.53. The van der Waals surface area contributed by atoms with Crippen LogP contribution in [0.25, 0.3) is 0 Å². The second kappa shape index (κ2) is 5.57. The average Bonchev–Trinajstić information content (AvgIpc) is 2.37. The van der Waals surface area contributed by atoms with E-state index in [1.54, 1.807) is 26.8 Å². The van der Waals surface area contributed by atoms with E-state index in [2.05, 4.69) is 35.8 Å². The number of rotatable bonds is 3. The lowest BCUT2D eigenvalue weighted by Crippen LogP contribution is -2.18. The van der Waals surface area contributed by atoms with Gasteiger partial charge in [0.15, 0.2) is 0 Å². The number of benzene rings is 1. The molecule has 0 aliphatic rings. The Kier molecular flexibility index (Phi) is 4.15. The highest BCUT2D eigenvalue weighted by Gasteiger charge is 2.20. The summed E-state index contributed by atoms with van der Waals surface area (Å²) in [5.74, 6) is -0.0731. The Morgan fingerprint density at radius 2 is 1.81 bits per heavy atom. The first-order valence-electron chi connectivity index (χ1n) is 5.97. The Morgan fingerprint density at radius 1 is 1.14 bits per heavy atom. The average molecular weight is 372 g/mol. The topological polar surface area (TPSA) is 111 Å². The van der Waals surface area contributed by atoms with Gasteiger partial charge in [-0.25, -0.2) is 18.1 Å². The monoisotopic (exact) mass is 371 g/mol. The van der Waals surface area contributed by atoms with Crippen LogP contribution >= 0.6 is 15.9 Å². The molecule has 0 saturated carbocycles. The van der Waals surface area contributed by atoms with E-state index in [-0.39, 0.29) is 10.8 Å². The number of nitrogens with two attached hydrogens (primary N) is 1. The van der Waals surface area contributed by atoms with Crippen LogP contribution in [0.1, 0.15) is 17.0 Å². The number of aryl methyl sites for hydroxylation is 2. The lowest BCUT2D eigenvalue weighted by molar-refractivity contribution is 0.600. The lowest BCUT2D eigenvalue weighted by atomic mass is 10.2. The molecule has 0 atom stereocenters. The fourth-order valence-corrected chi connectivity index (χ4v) is 3.50. The Bertz CT molecular complexity index is 808. The molecule has 1 aromatic heterocycles. The van der Waals surface area contributed by atoms with Crippen molar-refractivity contribution in [2.45, 2.75) is 25.7 Å². The van der Waals surface area contributed by atoms with Crippen LogP contribution in [0, 0.1) is 20.8 Å². The fourth-order valence-electron chi connectivity index (χ4n) is 1.63. The molecule has 0 aliphatic heterocycles. The summed E-state index contributed by atoms with van der Waals surface area (Å²) in [5.41, 5.74) is 7.87. The first-order valence-corrected chi connectivity index (χ1v) is 8.24. The summed E-state index contributed by atoms with van der Waals surface area (Å²) in [6.07, 6.45) is 0. The van der Waals surface area contributed by atoms with Gasteiger partial charge in [0, 0.05) is 10.2 Å². The standard InChI is InChI=1S/C12H14BrN5O2S/c1-6-10(14)4-9(13)5-11(6)21(19,20)18-12-15-7(2)8(3)16-17-12/h4-5H,14H2,1-3H3,(H,15,17,18). The summed E-state index contributed by atoms with van der Waals surface area (Å²) >= 11 is 3.23. The van der Waals surface area contributed by atoms with E-state index in [9.17, 15) is 8.42 Å². The third-order valence-electron chi connectivity index (χ3n) is 2.97. The molecule has 0 aliphatic carbocycles. The molecule has 112 valence electrons. The van der Waals surface area contributed by atoms with Crippen molar-refractivity contribution in [1.29, 1.82) is 0 Å². The summed E-state index contributed by atoms with van der Waals surface area (Å²) in [5, 5.41) is 7.57. The minimum absolute atomic E-state index is 0.0659. The molecule has 1 heterocycles. The predicted octanol–water partition coefficient (Wildman–Crippen LogP) is 1.94. The van der Waals surface area contributed by atoms with Crippen LogP contribution in [0.2, 0.25) is 0 Å². The molecule has 7 nitrogen and oxygen atoms in total. The van der Waals surface area contributed by atoms with Crippen LogP contribution in [-0.2, 0) is 10.0 Å². The van der Waals surface area contributed by atoms with Gasteiger partial charge in [-0.2, -0.15) is 5.10 Å². The highest BCUT2D eigenvalue weighted by molar-refractivity contribution is 9.10. The number of sulfonamides is 1. The van der Waals surface area contributed by atoms with E-state index in [1.807, 2.05) is 0 Å². The predicted molar refractivity (Wildman–Crippen MR) is 83.4 cm³/mol. The Labute approximate surface area is 131 Å². The van der Waals surface area contributed by atoms with Crippen molar-refractivity contribution in [3.05, 3.63) is 33.6 Å². The number of aromatic nitrogens is 3. The van der Waals surface area contributed by atoms with Crippen LogP contribution in [0.15, 0.2) is 21.5 Å². The number of nitrogens with one attached hydrogen (secondary N) is 1. The third kappa shape index (κ3) is 3.30. The van der Waals surface area contributed by atoms with Gasteiger partial charge in [-0.05, 0) is 38.5 Å². The summed E-state index contributed by atoms with van der Waals surface area (Å²) in [6.45, 7) is 5.10. The largest absolute Gasteiger partial charge is 0.398 e. The second-order valence-corrected chi connectivity index (χ2v) is 7.10. The molecular formula is C12H14BrN5O2S. The van der Waals surface area contributed by atoms with Crippen LogP contribution in [0.5, 0.6) is 0 Å². The minimum atomic E-state index is -3.84. The molecule has 1 aromatic carbocycles.